The second kappa shape index (κ2) is 4.68. The molecule has 20 heavy (non-hydrogen) atoms. The van der Waals surface area contributed by atoms with E-state index in [0.717, 1.165) is 0 Å². The van der Waals surface area contributed by atoms with E-state index in [1.807, 2.05) is 6.20 Å². The topological polar surface area (TPSA) is 15.8 Å². The molecule has 2 heteroatoms. The normalized spacial score (nSPS) is 20.6. The van der Waals surface area contributed by atoms with Crippen molar-refractivity contribution in [1.82, 2.24) is 4.98 Å². The molecular weight excluding hydrogens is 278 g/mol. The van der Waals surface area contributed by atoms with Crippen molar-refractivity contribution in [2.45, 2.75) is 28.7 Å². The molecular formula is C18H22NTi. The number of hydrogen-bond acceptors (Lipinski definition) is 0. The fourth-order valence-corrected chi connectivity index (χ4v) is 9.62. The van der Waals surface area contributed by atoms with Crippen LogP contribution >= 0.6 is 0 Å². The third-order valence-electron chi connectivity index (χ3n) is 4.75. The molecule has 0 spiro atoms. The van der Waals surface area contributed by atoms with E-state index in [-0.39, 0.29) is 3.72 Å². The first-order valence-electron chi connectivity index (χ1n) is 7.21. The minimum atomic E-state index is -2.61. The van der Waals surface area contributed by atoms with Crippen molar-refractivity contribution in [3.8, 4) is 0 Å². The Kier molecular flexibility index (Phi) is 3.23. The van der Waals surface area contributed by atoms with E-state index in [1.165, 1.54) is 15.1 Å². The van der Waals surface area contributed by atoms with Gasteiger partial charge < -0.3 is 0 Å². The Hall–Kier alpha value is -1.18. The van der Waals surface area contributed by atoms with Gasteiger partial charge in [0.2, 0.25) is 0 Å². The van der Waals surface area contributed by atoms with Crippen LogP contribution in [0, 0.1) is 0 Å². The molecule has 0 amide bonds. The second-order valence-corrected chi connectivity index (χ2v) is 14.0. The molecule has 0 saturated carbocycles. The van der Waals surface area contributed by atoms with Crippen molar-refractivity contribution in [3.63, 3.8) is 0 Å². The molecule has 0 saturated heterocycles. The molecule has 2 atom stereocenters. The number of rotatable bonds is 2. The van der Waals surface area contributed by atoms with Crippen molar-refractivity contribution < 1.29 is 16.1 Å². The molecule has 103 valence electrons. The molecule has 1 aromatic carbocycles. The Labute approximate surface area is 124 Å². The molecule has 1 aliphatic carbocycles. The first-order valence-corrected chi connectivity index (χ1v) is 10.8. The van der Waals surface area contributed by atoms with Gasteiger partial charge in [-0.25, -0.2) is 0 Å². The third-order valence-corrected chi connectivity index (χ3v) is 13.4. The van der Waals surface area contributed by atoms with Gasteiger partial charge in [-0.1, -0.05) is 0 Å². The van der Waals surface area contributed by atoms with Crippen molar-refractivity contribution in [2.75, 3.05) is 0 Å². The molecule has 0 radical (unpaired) electrons. The zero-order chi connectivity index (χ0) is 14.4. The summed E-state index contributed by atoms with van der Waals surface area (Å²) in [7, 11) is 0. The Bertz CT molecular complexity index is 686. The molecule has 3 rings (SSSR count). The van der Waals surface area contributed by atoms with Crippen molar-refractivity contribution in [2.24, 2.45) is 0 Å². The molecule has 1 nitrogen and oxygen atoms in total. The number of aromatic nitrogens is 1. The van der Waals surface area contributed by atoms with Gasteiger partial charge >= 0.3 is 125 Å². The van der Waals surface area contributed by atoms with E-state index in [2.05, 4.69) is 74.3 Å². The van der Waals surface area contributed by atoms with Crippen molar-refractivity contribution >= 4 is 14.9 Å². The van der Waals surface area contributed by atoms with Gasteiger partial charge in [-0.3, -0.25) is 0 Å². The molecule has 1 heterocycles. The maximum absolute atomic E-state index is 4.87. The molecule has 2 aromatic rings. The number of allylic oxidation sites excluding steroid dienone is 1. The predicted molar refractivity (Wildman–Crippen MR) is 85.5 cm³/mol. The standard InChI is InChI=1S/C9H7.C4H4N.C4H9.CH2.Ti/c1-2-5-9-7-3-6-8(9)4-1;1-2-4-5-3-1;1-4(2)3;;/h1-7H;1-3,5H;1-3H3;1H2;. The molecule has 1 aromatic heterocycles. The molecule has 0 fully saturated rings. The Morgan fingerprint density at radius 3 is 2.50 bits per heavy atom. The third kappa shape index (κ3) is 1.92. The van der Waals surface area contributed by atoms with Crippen molar-refractivity contribution in [3.05, 3.63) is 59.8 Å². The first-order chi connectivity index (χ1) is 9.44. The summed E-state index contributed by atoms with van der Waals surface area (Å²) in [5.41, 5.74) is 2.83. The molecule has 1 aliphatic rings. The van der Waals surface area contributed by atoms with E-state index in [0.29, 0.717) is 4.22 Å². The van der Waals surface area contributed by atoms with Crippen molar-refractivity contribution in [1.29, 1.82) is 0 Å². The number of fused-ring (bicyclic) bond motifs is 1. The summed E-state index contributed by atoms with van der Waals surface area (Å²) in [5, 5.41) is 0. The van der Waals surface area contributed by atoms with E-state index < -0.39 is 16.1 Å². The van der Waals surface area contributed by atoms with E-state index in [4.69, 9.17) is 4.82 Å². The predicted octanol–water partition coefficient (Wildman–Crippen LogP) is 4.21. The molecule has 0 bridgehead atoms. The number of benzene rings is 1. The number of hydrogen-bond donors (Lipinski definition) is 1. The zero-order valence-electron chi connectivity index (χ0n) is 12.5. The summed E-state index contributed by atoms with van der Waals surface area (Å²) >= 11 is -2.61. The molecule has 2 unspecified atom stereocenters. The van der Waals surface area contributed by atoms with Crippen LogP contribution in [0.3, 0.4) is 0 Å². The first kappa shape index (κ1) is 13.8. The minimum absolute atomic E-state index is 0.233. The van der Waals surface area contributed by atoms with E-state index >= 15 is 0 Å². The average molecular weight is 300 g/mol. The van der Waals surface area contributed by atoms with Gasteiger partial charge in [0, 0.05) is 0 Å². The van der Waals surface area contributed by atoms with Crippen LogP contribution in [0.1, 0.15) is 36.1 Å². The maximum atomic E-state index is 4.87. The van der Waals surface area contributed by atoms with Crippen LogP contribution in [-0.4, -0.2) is 9.80 Å². The fourth-order valence-electron chi connectivity index (χ4n) is 3.33. The summed E-state index contributed by atoms with van der Waals surface area (Å²) in [6.07, 6.45) is 6.71. The number of nitrogens with one attached hydrogen (secondary N) is 1. The summed E-state index contributed by atoms with van der Waals surface area (Å²) in [6.45, 7) is 7.07. The molecule has 1 N–H and O–H groups in total. The molecule has 0 aliphatic heterocycles. The zero-order valence-corrected chi connectivity index (χ0v) is 14.0. The van der Waals surface area contributed by atoms with Gasteiger partial charge in [0.05, 0.1) is 0 Å². The Morgan fingerprint density at radius 2 is 1.85 bits per heavy atom. The SMILES string of the molecule is [CH2]=[Ti]([c]1ccc[nH]1)([CH]1C=Cc2ccccc21)[C](C)(C)C. The summed E-state index contributed by atoms with van der Waals surface area (Å²) in [4.78, 5) is 8.35. The summed E-state index contributed by atoms with van der Waals surface area (Å²) < 4.78 is 2.12. The average Bonchev–Trinajstić information content (AvgIpc) is 3.06. The Morgan fingerprint density at radius 1 is 1.10 bits per heavy atom. The van der Waals surface area contributed by atoms with Gasteiger partial charge in [-0.05, 0) is 0 Å². The van der Waals surface area contributed by atoms with Crippen LogP contribution in [-0.2, 0) is 16.1 Å². The van der Waals surface area contributed by atoms with E-state index in [9.17, 15) is 0 Å². The van der Waals surface area contributed by atoms with Gasteiger partial charge in [0.15, 0.2) is 0 Å². The quantitative estimate of drug-likeness (QED) is 0.800. The summed E-state index contributed by atoms with van der Waals surface area (Å²) in [6, 6.07) is 13.1. The monoisotopic (exact) mass is 300 g/mol. The fraction of sp³-hybridized carbons (Fsp3) is 0.278. The number of aromatic amines is 1. The van der Waals surface area contributed by atoms with Crippen LogP contribution in [0.5, 0.6) is 0 Å². The van der Waals surface area contributed by atoms with Crippen LogP contribution in [0.15, 0.2) is 48.7 Å². The van der Waals surface area contributed by atoms with Gasteiger partial charge in [-0.2, -0.15) is 0 Å². The van der Waals surface area contributed by atoms with E-state index in [1.54, 1.807) is 0 Å². The number of H-pyrrole nitrogens is 1. The Balaban J connectivity index is 2.20. The van der Waals surface area contributed by atoms with Crippen LogP contribution in [0.25, 0.3) is 6.08 Å². The van der Waals surface area contributed by atoms with Crippen LogP contribution in [0.4, 0.5) is 0 Å². The van der Waals surface area contributed by atoms with Crippen LogP contribution < -0.4 is 4.00 Å². The van der Waals surface area contributed by atoms with Gasteiger partial charge in [-0.15, -0.1) is 0 Å². The second-order valence-electron chi connectivity index (χ2n) is 6.77. The van der Waals surface area contributed by atoms with Gasteiger partial charge in [0.25, 0.3) is 0 Å². The summed E-state index contributed by atoms with van der Waals surface area (Å²) in [5.74, 6) is 0. The van der Waals surface area contributed by atoms with Gasteiger partial charge in [0.1, 0.15) is 0 Å². The van der Waals surface area contributed by atoms with Crippen LogP contribution in [0.2, 0.25) is 3.72 Å².